The Morgan fingerprint density at radius 2 is 1.95 bits per heavy atom. The molecular formula is C33H45ClN2O6. The number of aryl methyl sites for hydroxylation is 1. The molecular weight excluding hydrogens is 556 g/mol. The zero-order valence-electron chi connectivity index (χ0n) is 25.0. The Balaban J connectivity index is 1.75. The smallest absolute Gasteiger partial charge is 0.312 e. The number of rotatable bonds is 16. The highest BCUT2D eigenvalue weighted by Gasteiger charge is 2.79. The first-order chi connectivity index (χ1) is 20.2. The molecule has 3 fully saturated rings. The van der Waals surface area contributed by atoms with Gasteiger partial charge in [-0.3, -0.25) is 14.4 Å². The molecule has 0 radical (unpaired) electrons. The normalized spacial score (nSPS) is 27.7. The van der Waals surface area contributed by atoms with E-state index in [-0.39, 0.29) is 31.6 Å². The van der Waals surface area contributed by atoms with Crippen molar-refractivity contribution in [2.45, 2.75) is 88.9 Å². The van der Waals surface area contributed by atoms with Gasteiger partial charge in [-0.1, -0.05) is 55.7 Å². The Hall–Kier alpha value is -2.68. The lowest BCUT2D eigenvalue weighted by Crippen LogP contribution is -2.56. The predicted octanol–water partition coefficient (Wildman–Crippen LogP) is 5.38. The predicted molar refractivity (Wildman–Crippen MR) is 163 cm³/mol. The molecule has 1 aromatic carbocycles. The topological polar surface area (TPSA) is 96.4 Å². The van der Waals surface area contributed by atoms with Crippen LogP contribution < -0.4 is 4.90 Å². The average molecular weight is 601 g/mol. The second-order valence-corrected chi connectivity index (χ2v) is 12.2. The molecule has 9 heteroatoms. The van der Waals surface area contributed by atoms with E-state index in [1.807, 2.05) is 26.0 Å². The Bertz CT molecular complexity index is 1170. The molecule has 2 bridgehead atoms. The molecule has 1 N–H and O–H groups in total. The first kappa shape index (κ1) is 32.2. The number of aliphatic hydroxyl groups is 1. The van der Waals surface area contributed by atoms with Crippen LogP contribution in [0.3, 0.4) is 0 Å². The number of hydrogen-bond acceptors (Lipinski definition) is 6. The Labute approximate surface area is 254 Å². The van der Waals surface area contributed by atoms with E-state index in [0.29, 0.717) is 55.8 Å². The largest absolute Gasteiger partial charge is 0.465 e. The second-order valence-electron chi connectivity index (χ2n) is 11.7. The standard InChI is InChI=1S/C33H45ClN2O6/c1-5-8-13-22-41-31(40)26-25-29(38)36(20-11-9-10-12-21-37)28(33(25)18-17-32(26,7-3)42-33)30(39)35(19-6-2)27-23(4)15-14-16-24(27)34/h5-6,14-16,25-26,28,37H,1-2,7-13,17-22H2,3-4H3/t25-,26-,28?,32+,33?/m0/s1. The number of allylic oxidation sites excluding steroid dienone is 1. The molecule has 8 nitrogen and oxygen atoms in total. The van der Waals surface area contributed by atoms with Gasteiger partial charge in [0.05, 0.1) is 28.8 Å². The van der Waals surface area contributed by atoms with Crippen LogP contribution >= 0.6 is 11.6 Å². The summed E-state index contributed by atoms with van der Waals surface area (Å²) in [5.41, 5.74) is -0.593. The molecule has 2 unspecified atom stereocenters. The van der Waals surface area contributed by atoms with Crippen molar-refractivity contribution in [3.05, 3.63) is 54.1 Å². The van der Waals surface area contributed by atoms with E-state index in [1.165, 1.54) is 0 Å². The van der Waals surface area contributed by atoms with Crippen molar-refractivity contribution >= 4 is 35.1 Å². The van der Waals surface area contributed by atoms with Gasteiger partial charge < -0.3 is 24.4 Å². The number of esters is 1. The van der Waals surface area contributed by atoms with Crippen LogP contribution in [0, 0.1) is 18.8 Å². The number of carbonyl (C=O) groups is 3. The molecule has 3 heterocycles. The highest BCUT2D eigenvalue weighted by molar-refractivity contribution is 6.34. The highest BCUT2D eigenvalue weighted by atomic mass is 35.5. The van der Waals surface area contributed by atoms with Gasteiger partial charge in [-0.15, -0.1) is 13.2 Å². The number of unbranched alkanes of at least 4 members (excludes halogenated alkanes) is 4. The quantitative estimate of drug-likeness (QED) is 0.155. The first-order valence-corrected chi connectivity index (χ1v) is 15.7. The van der Waals surface area contributed by atoms with Crippen LogP contribution in [0.25, 0.3) is 0 Å². The molecule has 1 spiro atoms. The van der Waals surface area contributed by atoms with E-state index in [0.717, 1.165) is 24.8 Å². The van der Waals surface area contributed by atoms with Crippen LogP contribution in [0.4, 0.5) is 5.69 Å². The summed E-state index contributed by atoms with van der Waals surface area (Å²) >= 11 is 6.65. The number of amides is 2. The number of ether oxygens (including phenoxy) is 2. The van der Waals surface area contributed by atoms with Gasteiger partial charge in [-0.05, 0) is 63.5 Å². The summed E-state index contributed by atoms with van der Waals surface area (Å²) in [6.45, 7) is 12.4. The number of para-hydroxylation sites is 1. The van der Waals surface area contributed by atoms with Gasteiger partial charge in [0.2, 0.25) is 5.91 Å². The van der Waals surface area contributed by atoms with Crippen LogP contribution in [0.2, 0.25) is 5.02 Å². The lowest BCUT2D eigenvalue weighted by molar-refractivity contribution is -0.161. The summed E-state index contributed by atoms with van der Waals surface area (Å²) in [4.78, 5) is 46.0. The fourth-order valence-corrected chi connectivity index (χ4v) is 7.69. The molecule has 0 saturated carbocycles. The third-order valence-electron chi connectivity index (χ3n) is 9.31. The van der Waals surface area contributed by atoms with Crippen molar-refractivity contribution in [1.29, 1.82) is 0 Å². The van der Waals surface area contributed by atoms with Crippen molar-refractivity contribution in [3.8, 4) is 0 Å². The van der Waals surface area contributed by atoms with Crippen molar-refractivity contribution in [2.24, 2.45) is 11.8 Å². The fraction of sp³-hybridized carbons (Fsp3) is 0.606. The van der Waals surface area contributed by atoms with Gasteiger partial charge in [0.15, 0.2) is 0 Å². The van der Waals surface area contributed by atoms with Gasteiger partial charge in [-0.25, -0.2) is 0 Å². The SMILES string of the molecule is C=CCCCOC(=O)[C@@H]1[C@H]2C(=O)N(CCCCCCO)C(C(=O)N(CC=C)c3c(C)cccc3Cl)C23CC[C@@]1(CC)O3. The molecule has 3 saturated heterocycles. The van der Waals surface area contributed by atoms with Crippen LogP contribution in [0.5, 0.6) is 0 Å². The molecule has 5 atom stereocenters. The van der Waals surface area contributed by atoms with Gasteiger partial charge in [0.25, 0.3) is 5.91 Å². The Kier molecular flexibility index (Phi) is 10.5. The Morgan fingerprint density at radius 1 is 1.19 bits per heavy atom. The van der Waals surface area contributed by atoms with Gasteiger partial charge in [0, 0.05) is 19.7 Å². The summed E-state index contributed by atoms with van der Waals surface area (Å²) in [6, 6.07) is 4.56. The van der Waals surface area contributed by atoms with Gasteiger partial charge in [0.1, 0.15) is 17.6 Å². The summed E-state index contributed by atoms with van der Waals surface area (Å²) < 4.78 is 12.6. The van der Waals surface area contributed by atoms with E-state index < -0.39 is 35.0 Å². The summed E-state index contributed by atoms with van der Waals surface area (Å²) in [5.74, 6) is -2.53. The van der Waals surface area contributed by atoms with Crippen molar-refractivity contribution in [1.82, 2.24) is 4.90 Å². The lowest BCUT2D eigenvalue weighted by atomic mass is 9.65. The maximum atomic E-state index is 14.8. The number of likely N-dealkylation sites (tertiary alicyclic amines) is 1. The molecule has 0 aromatic heterocycles. The number of benzene rings is 1. The zero-order valence-corrected chi connectivity index (χ0v) is 25.7. The number of carbonyl (C=O) groups excluding carboxylic acids is 3. The van der Waals surface area contributed by atoms with E-state index >= 15 is 0 Å². The van der Waals surface area contributed by atoms with Crippen molar-refractivity contribution in [2.75, 3.05) is 31.2 Å². The average Bonchev–Trinajstić information content (AvgIpc) is 3.58. The third-order valence-corrected chi connectivity index (χ3v) is 9.61. The zero-order chi connectivity index (χ0) is 30.5. The monoisotopic (exact) mass is 600 g/mol. The fourth-order valence-electron chi connectivity index (χ4n) is 7.37. The summed E-state index contributed by atoms with van der Waals surface area (Å²) in [7, 11) is 0. The highest BCUT2D eigenvalue weighted by Crippen LogP contribution is 2.64. The van der Waals surface area contributed by atoms with E-state index in [9.17, 15) is 19.5 Å². The molecule has 230 valence electrons. The minimum absolute atomic E-state index is 0.117. The summed E-state index contributed by atoms with van der Waals surface area (Å²) in [6.07, 6.45) is 9.38. The molecule has 1 aromatic rings. The molecule has 0 aliphatic carbocycles. The third kappa shape index (κ3) is 5.65. The minimum Gasteiger partial charge on any atom is -0.465 e. The second kappa shape index (κ2) is 13.7. The summed E-state index contributed by atoms with van der Waals surface area (Å²) in [5, 5.41) is 9.63. The molecule has 42 heavy (non-hydrogen) atoms. The van der Waals surface area contributed by atoms with Gasteiger partial charge >= 0.3 is 5.97 Å². The number of nitrogens with zero attached hydrogens (tertiary/aromatic N) is 2. The molecule has 4 rings (SSSR count). The van der Waals surface area contributed by atoms with Crippen LogP contribution in [-0.2, 0) is 23.9 Å². The van der Waals surface area contributed by atoms with E-state index in [1.54, 1.807) is 28.0 Å². The van der Waals surface area contributed by atoms with Crippen molar-refractivity contribution < 1.29 is 29.0 Å². The molecule has 3 aliphatic heterocycles. The number of fused-ring (bicyclic) bond motifs is 1. The van der Waals surface area contributed by atoms with Crippen LogP contribution in [0.1, 0.15) is 70.3 Å². The maximum absolute atomic E-state index is 14.8. The number of hydrogen-bond donors (Lipinski definition) is 1. The minimum atomic E-state index is -1.14. The number of aliphatic hydroxyl groups excluding tert-OH is 1. The maximum Gasteiger partial charge on any atom is 0.312 e. The van der Waals surface area contributed by atoms with E-state index in [4.69, 9.17) is 21.1 Å². The van der Waals surface area contributed by atoms with Gasteiger partial charge in [-0.2, -0.15) is 0 Å². The number of anilines is 1. The van der Waals surface area contributed by atoms with Crippen LogP contribution in [0.15, 0.2) is 43.5 Å². The number of halogens is 1. The van der Waals surface area contributed by atoms with Crippen molar-refractivity contribution in [3.63, 3.8) is 0 Å². The Morgan fingerprint density at radius 3 is 2.62 bits per heavy atom. The lowest BCUT2D eigenvalue weighted by Gasteiger charge is -2.37. The first-order valence-electron chi connectivity index (χ1n) is 15.3. The molecule has 2 amide bonds. The molecule has 3 aliphatic rings. The van der Waals surface area contributed by atoms with Crippen LogP contribution in [-0.4, -0.2) is 71.3 Å². The van der Waals surface area contributed by atoms with E-state index in [2.05, 4.69) is 13.2 Å².